The average molecular weight is 173 g/mol. The monoisotopic (exact) mass is 173 g/mol. The number of aryl methyl sites for hydroxylation is 1. The molecule has 4 heteroatoms. The van der Waals surface area contributed by atoms with Crippen LogP contribution in [-0.2, 0) is 0 Å². The first-order chi connectivity index (χ1) is 6.20. The fraction of sp³-hybridized carbons (Fsp3) is 0.111. The molecule has 0 aliphatic carbocycles. The van der Waals surface area contributed by atoms with E-state index in [4.69, 9.17) is 5.26 Å². The molecular weight excluding hydrogens is 166 g/mol. The lowest BCUT2D eigenvalue weighted by atomic mass is 10.1. The molecule has 2 aromatic rings. The number of aromatic amines is 2. The molecule has 0 spiro atoms. The number of benzene rings is 1. The number of imidazole rings is 1. The van der Waals surface area contributed by atoms with Crippen LogP contribution in [0.1, 0.15) is 11.1 Å². The van der Waals surface area contributed by atoms with Gasteiger partial charge in [0.15, 0.2) is 0 Å². The lowest BCUT2D eigenvalue weighted by molar-refractivity contribution is 1.21. The summed E-state index contributed by atoms with van der Waals surface area (Å²) in [6.07, 6.45) is 0. The highest BCUT2D eigenvalue weighted by atomic mass is 16.1. The summed E-state index contributed by atoms with van der Waals surface area (Å²) in [4.78, 5) is 16.2. The maximum atomic E-state index is 10.9. The summed E-state index contributed by atoms with van der Waals surface area (Å²) < 4.78 is 0. The second-order valence-corrected chi connectivity index (χ2v) is 2.91. The number of aromatic nitrogens is 2. The predicted molar refractivity (Wildman–Crippen MR) is 48.4 cm³/mol. The summed E-state index contributed by atoms with van der Waals surface area (Å²) in [5.74, 6) is 0. The molecule has 0 saturated heterocycles. The van der Waals surface area contributed by atoms with Crippen molar-refractivity contribution in [2.45, 2.75) is 6.92 Å². The summed E-state index contributed by atoms with van der Waals surface area (Å²) in [6, 6.07) is 5.43. The number of rotatable bonds is 0. The first kappa shape index (κ1) is 7.62. The van der Waals surface area contributed by atoms with Crippen LogP contribution < -0.4 is 5.69 Å². The molecule has 0 unspecified atom stereocenters. The van der Waals surface area contributed by atoms with E-state index in [1.54, 1.807) is 12.1 Å². The van der Waals surface area contributed by atoms with E-state index in [1.807, 2.05) is 13.0 Å². The van der Waals surface area contributed by atoms with Crippen molar-refractivity contribution in [3.8, 4) is 6.07 Å². The zero-order chi connectivity index (χ0) is 9.42. The van der Waals surface area contributed by atoms with Crippen LogP contribution in [0.15, 0.2) is 16.9 Å². The molecule has 2 N–H and O–H groups in total. The molecule has 0 aliphatic rings. The van der Waals surface area contributed by atoms with Gasteiger partial charge in [-0.3, -0.25) is 0 Å². The minimum absolute atomic E-state index is 0.242. The number of H-pyrrole nitrogens is 2. The summed E-state index contributed by atoms with van der Waals surface area (Å²) in [5, 5.41) is 8.68. The molecule has 0 fully saturated rings. The summed E-state index contributed by atoms with van der Waals surface area (Å²) >= 11 is 0. The van der Waals surface area contributed by atoms with E-state index in [2.05, 4.69) is 9.97 Å². The first-order valence-corrected chi connectivity index (χ1v) is 3.83. The van der Waals surface area contributed by atoms with Gasteiger partial charge in [-0.05, 0) is 24.6 Å². The lowest BCUT2D eigenvalue weighted by Crippen LogP contribution is -1.99. The highest BCUT2D eigenvalue weighted by molar-refractivity contribution is 5.79. The second-order valence-electron chi connectivity index (χ2n) is 2.91. The Hall–Kier alpha value is -2.02. The highest BCUT2D eigenvalue weighted by Gasteiger charge is 2.02. The average Bonchev–Trinajstić information content (AvgIpc) is 2.46. The molecule has 1 aromatic carbocycles. The quantitative estimate of drug-likeness (QED) is 0.624. The van der Waals surface area contributed by atoms with E-state index >= 15 is 0 Å². The Bertz CT molecular complexity index is 556. The smallest absolute Gasteiger partial charge is 0.306 e. The number of nitriles is 1. The Kier molecular flexibility index (Phi) is 1.46. The topological polar surface area (TPSA) is 72.4 Å². The van der Waals surface area contributed by atoms with E-state index in [-0.39, 0.29) is 5.69 Å². The Morgan fingerprint density at radius 1 is 1.38 bits per heavy atom. The largest absolute Gasteiger partial charge is 0.323 e. The zero-order valence-corrected chi connectivity index (χ0v) is 7.01. The van der Waals surface area contributed by atoms with Crippen LogP contribution in [0.25, 0.3) is 11.0 Å². The fourth-order valence-electron chi connectivity index (χ4n) is 1.38. The van der Waals surface area contributed by atoms with Crippen molar-refractivity contribution in [1.82, 2.24) is 9.97 Å². The van der Waals surface area contributed by atoms with Gasteiger partial charge < -0.3 is 9.97 Å². The van der Waals surface area contributed by atoms with Crippen LogP contribution in [0.3, 0.4) is 0 Å². The Balaban J connectivity index is 2.93. The first-order valence-electron chi connectivity index (χ1n) is 3.83. The van der Waals surface area contributed by atoms with Crippen LogP contribution in [0, 0.1) is 18.3 Å². The predicted octanol–water partition coefficient (Wildman–Crippen LogP) is 1.04. The van der Waals surface area contributed by atoms with Crippen molar-refractivity contribution in [2.24, 2.45) is 0 Å². The maximum absolute atomic E-state index is 10.9. The summed E-state index contributed by atoms with van der Waals surface area (Å²) in [6.45, 7) is 1.85. The third-order valence-corrected chi connectivity index (χ3v) is 1.95. The molecule has 64 valence electrons. The van der Waals surface area contributed by atoms with Crippen molar-refractivity contribution in [3.63, 3.8) is 0 Å². The van der Waals surface area contributed by atoms with E-state index in [0.717, 1.165) is 11.1 Å². The van der Waals surface area contributed by atoms with E-state index in [0.29, 0.717) is 11.1 Å². The number of hydrogen-bond acceptors (Lipinski definition) is 2. The van der Waals surface area contributed by atoms with Gasteiger partial charge in [0.1, 0.15) is 0 Å². The molecule has 0 atom stereocenters. The van der Waals surface area contributed by atoms with Crippen molar-refractivity contribution in [3.05, 3.63) is 33.7 Å². The van der Waals surface area contributed by atoms with Crippen LogP contribution in [0.2, 0.25) is 0 Å². The molecule has 4 nitrogen and oxygen atoms in total. The van der Waals surface area contributed by atoms with Gasteiger partial charge in [0, 0.05) is 0 Å². The van der Waals surface area contributed by atoms with Gasteiger partial charge in [-0.15, -0.1) is 0 Å². The molecule has 0 aliphatic heterocycles. The van der Waals surface area contributed by atoms with Crippen molar-refractivity contribution >= 4 is 11.0 Å². The number of nitrogens with zero attached hydrogens (tertiary/aromatic N) is 1. The molecule has 0 radical (unpaired) electrons. The normalized spacial score (nSPS) is 10.2. The molecule has 0 bridgehead atoms. The van der Waals surface area contributed by atoms with Crippen molar-refractivity contribution in [1.29, 1.82) is 5.26 Å². The van der Waals surface area contributed by atoms with Gasteiger partial charge in [0.05, 0.1) is 22.7 Å². The van der Waals surface area contributed by atoms with Crippen LogP contribution in [0.5, 0.6) is 0 Å². The highest BCUT2D eigenvalue weighted by Crippen LogP contribution is 2.14. The van der Waals surface area contributed by atoms with E-state index in [1.165, 1.54) is 0 Å². The Labute approximate surface area is 73.8 Å². The molecule has 2 rings (SSSR count). The maximum Gasteiger partial charge on any atom is 0.323 e. The number of nitrogens with one attached hydrogen (secondary N) is 2. The van der Waals surface area contributed by atoms with E-state index < -0.39 is 0 Å². The molecule has 0 amide bonds. The zero-order valence-electron chi connectivity index (χ0n) is 7.01. The second kappa shape index (κ2) is 2.49. The van der Waals surface area contributed by atoms with Gasteiger partial charge in [-0.25, -0.2) is 4.79 Å². The lowest BCUT2D eigenvalue weighted by Gasteiger charge is -1.94. The van der Waals surface area contributed by atoms with Gasteiger partial charge in [-0.2, -0.15) is 5.26 Å². The Morgan fingerprint density at radius 3 is 2.85 bits per heavy atom. The number of hydrogen-bond donors (Lipinski definition) is 2. The Morgan fingerprint density at radius 2 is 2.15 bits per heavy atom. The number of fused-ring (bicyclic) bond motifs is 1. The van der Waals surface area contributed by atoms with Gasteiger partial charge in [0.25, 0.3) is 0 Å². The molecule has 1 heterocycles. The molecular formula is C9H7N3O. The minimum atomic E-state index is -0.242. The minimum Gasteiger partial charge on any atom is -0.306 e. The third-order valence-electron chi connectivity index (χ3n) is 1.95. The summed E-state index contributed by atoms with van der Waals surface area (Å²) in [5.41, 5.74) is 2.66. The van der Waals surface area contributed by atoms with Crippen LogP contribution in [0.4, 0.5) is 0 Å². The van der Waals surface area contributed by atoms with Crippen molar-refractivity contribution in [2.75, 3.05) is 0 Å². The van der Waals surface area contributed by atoms with Gasteiger partial charge in [0.2, 0.25) is 0 Å². The SMILES string of the molecule is Cc1cc(C#N)cc2[nH]c(=O)[nH]c12. The molecule has 1 aromatic heterocycles. The fourth-order valence-corrected chi connectivity index (χ4v) is 1.38. The summed E-state index contributed by atoms with van der Waals surface area (Å²) in [7, 11) is 0. The third kappa shape index (κ3) is 1.11. The van der Waals surface area contributed by atoms with Crippen molar-refractivity contribution < 1.29 is 0 Å². The van der Waals surface area contributed by atoms with Gasteiger partial charge >= 0.3 is 5.69 Å². The standard InChI is InChI=1S/C9H7N3O/c1-5-2-6(4-10)3-7-8(5)12-9(13)11-7/h2-3H,1H3,(H2,11,12,13). The van der Waals surface area contributed by atoms with Gasteiger partial charge in [-0.1, -0.05) is 0 Å². The van der Waals surface area contributed by atoms with E-state index in [9.17, 15) is 4.79 Å². The van der Waals surface area contributed by atoms with Crippen LogP contribution >= 0.6 is 0 Å². The molecule has 0 saturated carbocycles. The van der Waals surface area contributed by atoms with Crippen LogP contribution in [-0.4, -0.2) is 9.97 Å². The molecule has 13 heavy (non-hydrogen) atoms.